The molecular formula is C28H24ClNO5S2. The third kappa shape index (κ3) is 6.80. The number of hydrogen-bond acceptors (Lipinski definition) is 4. The molecule has 0 bridgehead atoms. The van der Waals surface area contributed by atoms with Crippen molar-refractivity contribution >= 4 is 38.8 Å². The van der Waals surface area contributed by atoms with Gasteiger partial charge in [0, 0.05) is 23.7 Å². The van der Waals surface area contributed by atoms with Crippen LogP contribution in [0.4, 0.5) is 0 Å². The smallest absolute Gasteiger partial charge is 0.335 e. The molecule has 6 nitrogen and oxygen atoms in total. The Kier molecular flexibility index (Phi) is 8.68. The largest absolute Gasteiger partial charge is 0.611 e. The molecule has 4 aromatic rings. The number of nitrogens with zero attached hydrogens (tertiary/aromatic N) is 1. The molecule has 37 heavy (non-hydrogen) atoms. The first-order valence-corrected chi connectivity index (χ1v) is 14.5. The number of rotatable bonds is 10. The van der Waals surface area contributed by atoms with Crippen LogP contribution < -0.4 is 0 Å². The third-order valence-electron chi connectivity index (χ3n) is 5.67. The molecule has 9 heteroatoms. The van der Waals surface area contributed by atoms with E-state index in [4.69, 9.17) is 11.6 Å². The molecule has 0 saturated carbocycles. The van der Waals surface area contributed by atoms with Crippen molar-refractivity contribution in [1.82, 2.24) is 4.31 Å². The molecule has 0 aliphatic carbocycles. The maximum absolute atomic E-state index is 14.1. The number of carboxylic acids is 1. The van der Waals surface area contributed by atoms with E-state index in [9.17, 15) is 22.9 Å². The molecule has 1 unspecified atom stereocenters. The first kappa shape index (κ1) is 26.9. The number of benzene rings is 4. The summed E-state index contributed by atoms with van der Waals surface area (Å²) in [5, 5.41) is 10.1. The molecule has 4 rings (SSSR count). The minimum Gasteiger partial charge on any atom is -0.611 e. The van der Waals surface area contributed by atoms with E-state index in [-0.39, 0.29) is 34.2 Å². The topological polar surface area (TPSA) is 97.7 Å². The second-order valence-corrected chi connectivity index (χ2v) is 12.1. The lowest BCUT2D eigenvalue weighted by molar-refractivity contribution is 0.0696. The van der Waals surface area contributed by atoms with Gasteiger partial charge in [-0.05, 0) is 52.6 Å². The first-order chi connectivity index (χ1) is 17.7. The fourth-order valence-corrected chi connectivity index (χ4v) is 7.17. The van der Waals surface area contributed by atoms with Crippen LogP contribution in [0.3, 0.4) is 0 Å². The first-order valence-electron chi connectivity index (χ1n) is 11.3. The van der Waals surface area contributed by atoms with Crippen molar-refractivity contribution in [2.45, 2.75) is 28.6 Å². The summed E-state index contributed by atoms with van der Waals surface area (Å²) in [5.74, 6) is -1.23. The Morgan fingerprint density at radius 3 is 1.86 bits per heavy atom. The summed E-state index contributed by atoms with van der Waals surface area (Å²) in [6.07, 6.45) is 0. The van der Waals surface area contributed by atoms with Crippen LogP contribution in [0.5, 0.6) is 0 Å². The van der Waals surface area contributed by atoms with Crippen molar-refractivity contribution in [1.29, 1.82) is 0 Å². The van der Waals surface area contributed by atoms with Gasteiger partial charge in [-0.15, -0.1) is 0 Å². The van der Waals surface area contributed by atoms with E-state index < -0.39 is 27.2 Å². The molecule has 0 saturated heterocycles. The predicted octanol–water partition coefficient (Wildman–Crippen LogP) is 5.74. The highest BCUT2D eigenvalue weighted by molar-refractivity contribution is 7.93. The summed E-state index contributed by atoms with van der Waals surface area (Å²) >= 11 is 4.18. The maximum Gasteiger partial charge on any atom is 0.335 e. The van der Waals surface area contributed by atoms with Crippen molar-refractivity contribution in [3.05, 3.63) is 130 Å². The molecule has 0 aliphatic heterocycles. The highest BCUT2D eigenvalue weighted by atomic mass is 35.5. The van der Waals surface area contributed by atoms with Crippen molar-refractivity contribution in [3.63, 3.8) is 0 Å². The van der Waals surface area contributed by atoms with Gasteiger partial charge in [-0.25, -0.2) is 13.2 Å². The minimum absolute atomic E-state index is 0.0451. The number of halogens is 1. The van der Waals surface area contributed by atoms with Crippen molar-refractivity contribution in [3.8, 4) is 0 Å². The molecule has 0 radical (unpaired) electrons. The van der Waals surface area contributed by atoms with Gasteiger partial charge < -0.3 is 9.66 Å². The van der Waals surface area contributed by atoms with Gasteiger partial charge in [0.2, 0.25) is 10.0 Å². The molecule has 0 fully saturated rings. The monoisotopic (exact) mass is 553 g/mol. The van der Waals surface area contributed by atoms with E-state index in [1.807, 2.05) is 60.7 Å². The second kappa shape index (κ2) is 11.9. The summed E-state index contributed by atoms with van der Waals surface area (Å²) < 4.78 is 43.0. The molecule has 190 valence electrons. The van der Waals surface area contributed by atoms with Crippen LogP contribution in [-0.2, 0) is 40.0 Å². The van der Waals surface area contributed by atoms with Crippen LogP contribution in [0.15, 0.2) is 113 Å². The zero-order chi connectivity index (χ0) is 26.4. The third-order valence-corrected chi connectivity index (χ3v) is 9.32. The van der Waals surface area contributed by atoms with Gasteiger partial charge in [-0.1, -0.05) is 84.4 Å². The molecule has 0 heterocycles. The Hall–Kier alpha value is -3.14. The molecular weight excluding hydrogens is 530 g/mol. The van der Waals surface area contributed by atoms with Gasteiger partial charge in [0.1, 0.15) is 10.6 Å². The maximum atomic E-state index is 14.1. The van der Waals surface area contributed by atoms with Crippen LogP contribution in [0, 0.1) is 0 Å². The quantitative estimate of drug-likeness (QED) is 0.253. The Morgan fingerprint density at radius 1 is 0.811 bits per heavy atom. The molecule has 0 aromatic heterocycles. The average Bonchev–Trinajstić information content (AvgIpc) is 2.90. The minimum atomic E-state index is -4.27. The summed E-state index contributed by atoms with van der Waals surface area (Å²) in [5.41, 5.74) is 2.03. The SMILES string of the molecule is O=C(O)c1ccc([S+]([O-])Cc2ccc(Cl)cc2)c(S(=O)(=O)N(Cc2ccccc2)Cc2ccccc2)c1. The normalized spacial score (nSPS) is 12.4. The fourth-order valence-electron chi connectivity index (χ4n) is 3.78. The lowest BCUT2D eigenvalue weighted by atomic mass is 10.2. The number of hydrogen-bond donors (Lipinski definition) is 1. The van der Waals surface area contributed by atoms with Gasteiger partial charge in [0.15, 0.2) is 4.90 Å². The Bertz CT molecular complexity index is 1420. The summed E-state index contributed by atoms with van der Waals surface area (Å²) in [6, 6.07) is 28.7. The number of sulfonamides is 1. The van der Waals surface area contributed by atoms with Crippen LogP contribution >= 0.6 is 11.6 Å². The standard InChI is InChI=1S/C28H24ClNO5S2/c29-25-14-11-23(12-15-25)20-36(33)26-16-13-24(28(31)32)17-27(26)37(34,35)30(18-21-7-3-1-4-8-21)19-22-9-5-2-6-10-22/h1-17H,18-20H2,(H,31,32). The van der Waals surface area contributed by atoms with E-state index in [0.29, 0.717) is 10.6 Å². The number of carboxylic acid groups (broad SMARTS) is 1. The number of aromatic carboxylic acids is 1. The van der Waals surface area contributed by atoms with E-state index >= 15 is 0 Å². The Morgan fingerprint density at radius 2 is 1.35 bits per heavy atom. The zero-order valence-corrected chi connectivity index (χ0v) is 22.0. The molecule has 0 amide bonds. The van der Waals surface area contributed by atoms with Gasteiger partial charge in [-0.3, -0.25) is 0 Å². The van der Waals surface area contributed by atoms with Gasteiger partial charge in [0.05, 0.1) is 5.56 Å². The van der Waals surface area contributed by atoms with E-state index in [1.54, 1.807) is 24.3 Å². The molecule has 1 N–H and O–H groups in total. The van der Waals surface area contributed by atoms with Crippen LogP contribution in [-0.4, -0.2) is 28.4 Å². The second-order valence-electron chi connectivity index (χ2n) is 8.33. The Balaban J connectivity index is 1.78. The van der Waals surface area contributed by atoms with Crippen molar-refractivity contribution < 1.29 is 22.9 Å². The summed E-state index contributed by atoms with van der Waals surface area (Å²) in [7, 11) is -4.27. The van der Waals surface area contributed by atoms with E-state index in [1.165, 1.54) is 16.4 Å². The Labute approximate surface area is 224 Å². The number of carbonyl (C=O) groups is 1. The molecule has 4 aromatic carbocycles. The van der Waals surface area contributed by atoms with Crippen LogP contribution in [0.1, 0.15) is 27.0 Å². The fraction of sp³-hybridized carbons (Fsp3) is 0.107. The highest BCUT2D eigenvalue weighted by Crippen LogP contribution is 2.30. The van der Waals surface area contributed by atoms with Gasteiger partial charge in [-0.2, -0.15) is 4.31 Å². The molecule has 0 aliphatic rings. The average molecular weight is 554 g/mol. The molecule has 1 atom stereocenters. The van der Waals surface area contributed by atoms with E-state index in [2.05, 4.69) is 0 Å². The molecule has 0 spiro atoms. The predicted molar refractivity (Wildman–Crippen MR) is 144 cm³/mol. The lowest BCUT2D eigenvalue weighted by Crippen LogP contribution is -2.31. The van der Waals surface area contributed by atoms with Gasteiger partial charge in [0.25, 0.3) is 0 Å². The summed E-state index contributed by atoms with van der Waals surface area (Å²) in [6.45, 7) is 0.108. The van der Waals surface area contributed by atoms with Gasteiger partial charge >= 0.3 is 5.97 Å². The summed E-state index contributed by atoms with van der Waals surface area (Å²) in [4.78, 5) is 11.5. The lowest BCUT2D eigenvalue weighted by Gasteiger charge is -2.24. The van der Waals surface area contributed by atoms with Crippen LogP contribution in [0.2, 0.25) is 5.02 Å². The highest BCUT2D eigenvalue weighted by Gasteiger charge is 2.33. The van der Waals surface area contributed by atoms with Crippen molar-refractivity contribution in [2.75, 3.05) is 0 Å². The van der Waals surface area contributed by atoms with Crippen LogP contribution in [0.25, 0.3) is 0 Å². The van der Waals surface area contributed by atoms with E-state index in [0.717, 1.165) is 17.2 Å². The van der Waals surface area contributed by atoms with Crippen molar-refractivity contribution in [2.24, 2.45) is 0 Å². The zero-order valence-electron chi connectivity index (χ0n) is 19.7.